The molecule has 0 unspecified atom stereocenters. The number of Topliss-reactive ketones (excluding diaryl/α,β-unsaturated/α-hetero) is 1. The fourth-order valence-corrected chi connectivity index (χ4v) is 8.61. The number of rotatable bonds is 2. The molecule has 31 heavy (non-hydrogen) atoms. The van der Waals surface area contributed by atoms with Gasteiger partial charge in [0.05, 0.1) is 6.10 Å². The summed E-state index contributed by atoms with van der Waals surface area (Å²) < 4.78 is 14.2. The highest BCUT2D eigenvalue weighted by molar-refractivity contribution is 5.81. The van der Waals surface area contributed by atoms with Crippen molar-refractivity contribution in [3.8, 4) is 0 Å². The number of benzene rings is 1. The molecule has 0 aromatic heterocycles. The summed E-state index contributed by atoms with van der Waals surface area (Å²) in [5.74, 6) is 1.43. The van der Waals surface area contributed by atoms with Gasteiger partial charge < -0.3 is 10.8 Å². The van der Waals surface area contributed by atoms with Crippen molar-refractivity contribution in [3.05, 3.63) is 41.2 Å². The fourth-order valence-electron chi connectivity index (χ4n) is 8.61. The molecule has 0 radical (unpaired) electrons. The van der Waals surface area contributed by atoms with Crippen LogP contribution in [0.5, 0.6) is 0 Å². The minimum absolute atomic E-state index is 0.00619. The molecule has 3 nitrogen and oxygen atoms in total. The number of anilines is 1. The Hall–Kier alpha value is -1.68. The minimum atomic E-state index is -0.275. The highest BCUT2D eigenvalue weighted by Gasteiger charge is 2.62. The average Bonchev–Trinajstić information content (AvgIpc) is 3.03. The van der Waals surface area contributed by atoms with E-state index in [9.17, 15) is 14.3 Å². The number of hydrogen-bond donors (Lipinski definition) is 2. The molecule has 0 aliphatic heterocycles. The van der Waals surface area contributed by atoms with Crippen molar-refractivity contribution in [3.63, 3.8) is 0 Å². The van der Waals surface area contributed by atoms with Gasteiger partial charge in [-0.3, -0.25) is 4.79 Å². The lowest BCUT2D eigenvalue weighted by molar-refractivity contribution is -0.128. The van der Waals surface area contributed by atoms with E-state index in [2.05, 4.69) is 19.9 Å². The number of aliphatic hydroxyl groups is 1. The van der Waals surface area contributed by atoms with Crippen molar-refractivity contribution in [2.24, 2.45) is 34.5 Å². The molecule has 0 heterocycles. The van der Waals surface area contributed by atoms with Crippen molar-refractivity contribution >= 4 is 11.5 Å². The van der Waals surface area contributed by atoms with Crippen molar-refractivity contribution in [1.29, 1.82) is 0 Å². The minimum Gasteiger partial charge on any atom is -0.398 e. The number of nitrogens with two attached hydrogens (primary N) is 1. The van der Waals surface area contributed by atoms with Crippen LogP contribution < -0.4 is 5.73 Å². The number of ketones is 1. The van der Waals surface area contributed by atoms with Crippen LogP contribution in [0, 0.1) is 40.3 Å². The molecular formula is C27H36FNO2. The lowest BCUT2D eigenvalue weighted by atomic mass is 9.47. The normalized spacial score (nSPS) is 44.1. The molecule has 0 amide bonds. The number of allylic oxidation sites excluding steroid dienone is 1. The van der Waals surface area contributed by atoms with Crippen molar-refractivity contribution in [2.45, 2.75) is 77.7 Å². The molecule has 8 atom stereocenters. The number of nitrogen functional groups attached to an aromatic ring is 1. The van der Waals surface area contributed by atoms with Crippen LogP contribution in [0.1, 0.15) is 77.2 Å². The Labute approximate surface area is 185 Å². The molecule has 1 aromatic rings. The molecule has 0 saturated heterocycles. The summed E-state index contributed by atoms with van der Waals surface area (Å²) in [5.41, 5.74) is 9.31. The van der Waals surface area contributed by atoms with Crippen LogP contribution in [0.25, 0.3) is 0 Å². The monoisotopic (exact) mass is 425 g/mol. The van der Waals surface area contributed by atoms with E-state index in [-0.39, 0.29) is 40.4 Å². The zero-order valence-electron chi connectivity index (χ0n) is 19.0. The Kier molecular flexibility index (Phi) is 4.89. The van der Waals surface area contributed by atoms with Crippen molar-refractivity contribution in [2.75, 3.05) is 5.73 Å². The summed E-state index contributed by atoms with van der Waals surface area (Å²) in [5, 5.41) is 10.2. The molecule has 168 valence electrons. The molecule has 5 rings (SSSR count). The predicted molar refractivity (Wildman–Crippen MR) is 121 cm³/mol. The van der Waals surface area contributed by atoms with Gasteiger partial charge in [-0.25, -0.2) is 4.39 Å². The highest BCUT2D eigenvalue weighted by atomic mass is 19.1. The maximum absolute atomic E-state index is 14.2. The average molecular weight is 426 g/mol. The quantitative estimate of drug-likeness (QED) is 0.477. The van der Waals surface area contributed by atoms with Crippen LogP contribution in [-0.2, 0) is 4.79 Å². The largest absolute Gasteiger partial charge is 0.398 e. The van der Waals surface area contributed by atoms with E-state index < -0.39 is 0 Å². The summed E-state index contributed by atoms with van der Waals surface area (Å²) in [6.07, 6.45) is 9.12. The molecule has 3 saturated carbocycles. The van der Waals surface area contributed by atoms with E-state index in [1.54, 1.807) is 19.1 Å². The number of fused-ring (bicyclic) bond motifs is 5. The van der Waals surface area contributed by atoms with Gasteiger partial charge in [0.2, 0.25) is 0 Å². The van der Waals surface area contributed by atoms with E-state index in [0.29, 0.717) is 23.4 Å². The topological polar surface area (TPSA) is 63.3 Å². The second-order valence-corrected chi connectivity index (χ2v) is 11.4. The van der Waals surface area contributed by atoms with E-state index in [4.69, 9.17) is 5.73 Å². The van der Waals surface area contributed by atoms with Gasteiger partial charge in [0.25, 0.3) is 0 Å². The Balaban J connectivity index is 1.55. The molecule has 3 N–H and O–H groups in total. The number of hydrogen-bond acceptors (Lipinski definition) is 3. The molecule has 0 spiro atoms. The van der Waals surface area contributed by atoms with E-state index in [0.717, 1.165) is 50.5 Å². The van der Waals surface area contributed by atoms with Crippen LogP contribution >= 0.6 is 0 Å². The molecule has 0 bridgehead atoms. The number of carbonyl (C=O) groups excluding carboxylic acids is 1. The van der Waals surface area contributed by atoms with Crippen molar-refractivity contribution in [1.82, 2.24) is 0 Å². The van der Waals surface area contributed by atoms with Gasteiger partial charge >= 0.3 is 0 Å². The molecule has 4 aliphatic rings. The first-order valence-corrected chi connectivity index (χ1v) is 12.1. The second-order valence-electron chi connectivity index (χ2n) is 11.4. The number of aliphatic hydroxyl groups excluding tert-OH is 1. The lowest BCUT2D eigenvalue weighted by Crippen LogP contribution is -2.51. The number of carbonyl (C=O) groups is 1. The van der Waals surface area contributed by atoms with Gasteiger partial charge in [0.1, 0.15) is 11.6 Å². The standard InChI is InChI=1S/C27H36FNO2/c1-15(30)25-21(20-13-17(28)5-7-24(20)29)14-23-19-6-4-16-12-18(31)8-10-26(16,2)22(19)9-11-27(23,25)3/h4-5,7,13,18-19,21-23,25,31H,6,8-12,14,29H2,1-3H3/t18-,19+,21-,22-,23-,25-,26-,27-/m0/s1. The first kappa shape index (κ1) is 21.2. The SMILES string of the molecule is CC(=O)[C@H]1[C@H](c2cc(F)ccc2N)C[C@H]2[C@@H]3CC=C4C[C@@H](O)CC[C@]4(C)[C@H]3CC[C@@]21C. The Morgan fingerprint density at radius 2 is 1.97 bits per heavy atom. The van der Waals surface area contributed by atoms with E-state index >= 15 is 0 Å². The van der Waals surface area contributed by atoms with Crippen LogP contribution in [0.2, 0.25) is 0 Å². The van der Waals surface area contributed by atoms with E-state index in [1.807, 2.05) is 0 Å². The van der Waals surface area contributed by atoms with Gasteiger partial charge in [-0.15, -0.1) is 0 Å². The third-order valence-electron chi connectivity index (χ3n) is 10.0. The summed E-state index contributed by atoms with van der Waals surface area (Å²) in [7, 11) is 0. The van der Waals surface area contributed by atoms with Crippen LogP contribution in [0.15, 0.2) is 29.8 Å². The van der Waals surface area contributed by atoms with Crippen LogP contribution in [0.3, 0.4) is 0 Å². The lowest BCUT2D eigenvalue weighted by Gasteiger charge is -2.57. The molecule has 4 aliphatic carbocycles. The third kappa shape index (κ3) is 3.04. The maximum Gasteiger partial charge on any atom is 0.134 e. The van der Waals surface area contributed by atoms with Gasteiger partial charge in [-0.2, -0.15) is 0 Å². The third-order valence-corrected chi connectivity index (χ3v) is 10.0. The number of halogens is 1. The smallest absolute Gasteiger partial charge is 0.134 e. The molecule has 3 fully saturated rings. The molecule has 1 aromatic carbocycles. The Morgan fingerprint density at radius 1 is 1.19 bits per heavy atom. The Bertz CT molecular complexity index is 941. The first-order valence-electron chi connectivity index (χ1n) is 12.1. The van der Waals surface area contributed by atoms with Gasteiger partial charge in [-0.05, 0) is 110 Å². The maximum atomic E-state index is 14.2. The predicted octanol–water partition coefficient (Wildman–Crippen LogP) is 5.63. The Morgan fingerprint density at radius 3 is 2.71 bits per heavy atom. The second kappa shape index (κ2) is 7.16. The molecular weight excluding hydrogens is 389 g/mol. The fraction of sp³-hybridized carbons (Fsp3) is 0.667. The zero-order chi connectivity index (χ0) is 22.1. The van der Waals surface area contributed by atoms with E-state index in [1.165, 1.54) is 11.6 Å². The summed E-state index contributed by atoms with van der Waals surface area (Å²) in [4.78, 5) is 13.0. The first-order chi connectivity index (χ1) is 14.6. The summed E-state index contributed by atoms with van der Waals surface area (Å²) >= 11 is 0. The van der Waals surface area contributed by atoms with Crippen LogP contribution in [0.4, 0.5) is 10.1 Å². The van der Waals surface area contributed by atoms with Gasteiger partial charge in [-0.1, -0.05) is 25.5 Å². The highest BCUT2D eigenvalue weighted by Crippen LogP contribution is 2.69. The van der Waals surface area contributed by atoms with Crippen LogP contribution in [-0.4, -0.2) is 17.0 Å². The van der Waals surface area contributed by atoms with Crippen molar-refractivity contribution < 1.29 is 14.3 Å². The zero-order valence-corrected chi connectivity index (χ0v) is 19.0. The summed E-state index contributed by atoms with van der Waals surface area (Å²) in [6, 6.07) is 4.63. The van der Waals surface area contributed by atoms with Gasteiger partial charge in [0, 0.05) is 11.6 Å². The molecule has 4 heteroatoms. The van der Waals surface area contributed by atoms with Gasteiger partial charge in [0.15, 0.2) is 0 Å². The summed E-state index contributed by atoms with van der Waals surface area (Å²) in [6.45, 7) is 6.46.